The number of carbonyl (C=O) groups excluding carboxylic acids is 3. The van der Waals surface area contributed by atoms with Crippen LogP contribution >= 0.6 is 0 Å². The Balaban J connectivity index is 1.83. The van der Waals surface area contributed by atoms with Gasteiger partial charge < -0.3 is 19.1 Å². The summed E-state index contributed by atoms with van der Waals surface area (Å²) >= 11 is 0. The van der Waals surface area contributed by atoms with E-state index in [1.54, 1.807) is 10.1 Å². The second-order valence-electron chi connectivity index (χ2n) is 17.2. The molecule has 0 aromatic heterocycles. The second-order valence-corrected chi connectivity index (χ2v) is 17.2. The van der Waals surface area contributed by atoms with Gasteiger partial charge in [-0.1, -0.05) is 131 Å². The molecule has 2 rings (SSSR count). The van der Waals surface area contributed by atoms with Crippen molar-refractivity contribution in [2.75, 3.05) is 13.1 Å². The molecule has 0 N–H and O–H groups in total. The van der Waals surface area contributed by atoms with Crippen molar-refractivity contribution in [2.45, 2.75) is 221 Å². The first-order valence-corrected chi connectivity index (χ1v) is 20.4. The molecule has 0 amide bonds. The van der Waals surface area contributed by atoms with Crippen LogP contribution in [0.5, 0.6) is 0 Å². The van der Waals surface area contributed by atoms with Gasteiger partial charge in [-0.25, -0.2) is 4.79 Å². The Kier molecular flexibility index (Phi) is 18.6. The van der Waals surface area contributed by atoms with Crippen LogP contribution in [-0.2, 0) is 28.7 Å². The molecule has 2 aliphatic rings. The SMILES string of the molecule is CCCCCCCCCCC(=O)ON1CCC(OC(=O)OC2CCN(OC(=O)CCCCCCCCCC)C(C)(C)C2(C)C)C(C)(C)C1(C)C. The van der Waals surface area contributed by atoms with E-state index in [2.05, 4.69) is 41.5 Å². The zero-order valence-corrected chi connectivity index (χ0v) is 34.0. The number of nitrogens with zero attached hydrogens (tertiary/aromatic N) is 2. The Morgan fingerprint density at radius 2 is 0.800 bits per heavy atom. The summed E-state index contributed by atoms with van der Waals surface area (Å²) in [6, 6.07) is 0. The van der Waals surface area contributed by atoms with Gasteiger partial charge in [0.1, 0.15) is 12.2 Å². The van der Waals surface area contributed by atoms with Crippen molar-refractivity contribution < 1.29 is 33.5 Å². The summed E-state index contributed by atoms with van der Waals surface area (Å²) in [5.74, 6) is -0.401. The molecule has 0 saturated carbocycles. The fourth-order valence-corrected chi connectivity index (χ4v) is 7.32. The summed E-state index contributed by atoms with van der Waals surface area (Å²) in [4.78, 5) is 50.7. The first-order valence-electron chi connectivity index (χ1n) is 20.4. The molecule has 2 atom stereocenters. The number of hydrogen-bond acceptors (Lipinski definition) is 9. The Hall–Kier alpha value is -1.87. The maximum atomic E-state index is 13.3. The summed E-state index contributed by atoms with van der Waals surface area (Å²) in [6.45, 7) is 21.8. The van der Waals surface area contributed by atoms with E-state index in [9.17, 15) is 14.4 Å². The van der Waals surface area contributed by atoms with Gasteiger partial charge in [0.15, 0.2) is 0 Å². The van der Waals surface area contributed by atoms with Crippen molar-refractivity contribution in [1.82, 2.24) is 10.1 Å². The third-order valence-electron chi connectivity index (χ3n) is 12.6. The number of ether oxygens (including phenoxy) is 2. The minimum absolute atomic E-state index is 0.200. The highest BCUT2D eigenvalue weighted by atomic mass is 16.7. The zero-order chi connectivity index (χ0) is 37.4. The lowest BCUT2D eigenvalue weighted by molar-refractivity contribution is -0.272. The lowest BCUT2D eigenvalue weighted by atomic mass is 9.66. The Labute approximate surface area is 306 Å². The maximum absolute atomic E-state index is 13.3. The number of piperidine rings is 2. The summed E-state index contributed by atoms with van der Waals surface area (Å²) in [6.07, 6.45) is 19.2. The van der Waals surface area contributed by atoms with Crippen LogP contribution in [0.1, 0.15) is 198 Å². The van der Waals surface area contributed by atoms with E-state index in [0.29, 0.717) is 38.8 Å². The van der Waals surface area contributed by atoms with Crippen LogP contribution < -0.4 is 0 Å². The first-order chi connectivity index (χ1) is 23.5. The smallest absolute Gasteiger partial charge is 0.430 e. The molecule has 0 bridgehead atoms. The van der Waals surface area contributed by atoms with E-state index >= 15 is 0 Å². The molecule has 2 saturated heterocycles. The van der Waals surface area contributed by atoms with Crippen LogP contribution in [0, 0.1) is 10.8 Å². The van der Waals surface area contributed by atoms with Crippen molar-refractivity contribution in [3.63, 3.8) is 0 Å². The van der Waals surface area contributed by atoms with Crippen LogP contribution in [0.15, 0.2) is 0 Å². The fourth-order valence-electron chi connectivity index (χ4n) is 7.32. The van der Waals surface area contributed by atoms with Crippen LogP contribution in [0.3, 0.4) is 0 Å². The molecule has 50 heavy (non-hydrogen) atoms. The molecule has 0 aliphatic carbocycles. The molecule has 0 spiro atoms. The zero-order valence-electron chi connectivity index (χ0n) is 34.0. The molecule has 2 fully saturated rings. The summed E-state index contributed by atoms with van der Waals surface area (Å²) < 4.78 is 12.1. The maximum Gasteiger partial charge on any atom is 0.508 e. The third kappa shape index (κ3) is 12.7. The van der Waals surface area contributed by atoms with Gasteiger partial charge in [0.2, 0.25) is 0 Å². The number of rotatable bonds is 22. The fraction of sp³-hybridized carbons (Fsp3) is 0.927. The monoisotopic (exact) mass is 709 g/mol. The number of hydroxylamine groups is 4. The summed E-state index contributed by atoms with van der Waals surface area (Å²) in [5, 5.41) is 3.56. The minimum atomic E-state index is -0.687. The molecule has 2 heterocycles. The van der Waals surface area contributed by atoms with E-state index in [0.717, 1.165) is 38.5 Å². The van der Waals surface area contributed by atoms with E-state index in [1.807, 2.05) is 27.7 Å². The largest absolute Gasteiger partial charge is 0.508 e. The van der Waals surface area contributed by atoms with Gasteiger partial charge in [-0.3, -0.25) is 9.59 Å². The molecule has 0 aromatic carbocycles. The highest BCUT2D eigenvalue weighted by Gasteiger charge is 2.56. The van der Waals surface area contributed by atoms with Crippen molar-refractivity contribution in [3.8, 4) is 0 Å². The standard InChI is InChI=1S/C41H76N2O7/c1-11-13-15-17-19-21-23-25-27-35(44)49-42-31-29-33(38(3,4)40(42,7)8)47-37(46)48-34-30-32-43(41(9,10)39(34,5)6)50-36(45)28-26-24-22-20-18-16-14-12-2/h33-34H,11-32H2,1-10H3. The third-order valence-corrected chi connectivity index (χ3v) is 12.6. The summed E-state index contributed by atoms with van der Waals surface area (Å²) in [5.41, 5.74) is -2.19. The number of hydrogen-bond donors (Lipinski definition) is 0. The van der Waals surface area contributed by atoms with Crippen LogP contribution in [0.4, 0.5) is 4.79 Å². The molecular weight excluding hydrogens is 632 g/mol. The molecule has 9 heteroatoms. The molecule has 0 aromatic rings. The van der Waals surface area contributed by atoms with Gasteiger partial charge in [-0.2, -0.15) is 0 Å². The van der Waals surface area contributed by atoms with Gasteiger partial charge in [-0.05, 0) is 40.5 Å². The molecule has 9 nitrogen and oxygen atoms in total. The molecule has 2 aliphatic heterocycles. The quantitative estimate of drug-likeness (QED) is 0.0804. The van der Waals surface area contributed by atoms with Crippen molar-refractivity contribution in [3.05, 3.63) is 0 Å². The van der Waals surface area contributed by atoms with Crippen LogP contribution in [0.2, 0.25) is 0 Å². The predicted molar refractivity (Wildman–Crippen MR) is 200 cm³/mol. The van der Waals surface area contributed by atoms with Crippen molar-refractivity contribution in [2.24, 2.45) is 10.8 Å². The van der Waals surface area contributed by atoms with E-state index in [4.69, 9.17) is 19.1 Å². The van der Waals surface area contributed by atoms with E-state index < -0.39 is 40.3 Å². The minimum Gasteiger partial charge on any atom is -0.430 e. The Bertz CT molecular complexity index is 946. The lowest BCUT2D eigenvalue weighted by Gasteiger charge is -2.55. The van der Waals surface area contributed by atoms with Gasteiger partial charge in [0.05, 0.1) is 11.1 Å². The lowest BCUT2D eigenvalue weighted by Crippen LogP contribution is -2.65. The second kappa shape index (κ2) is 21.0. The highest BCUT2D eigenvalue weighted by molar-refractivity contribution is 5.69. The Morgan fingerprint density at radius 1 is 0.500 bits per heavy atom. The molecule has 292 valence electrons. The van der Waals surface area contributed by atoms with Gasteiger partial charge in [0.25, 0.3) is 0 Å². The normalized spacial score (nSPS) is 22.8. The van der Waals surface area contributed by atoms with Gasteiger partial charge >= 0.3 is 18.1 Å². The highest BCUT2D eigenvalue weighted by Crippen LogP contribution is 2.47. The Morgan fingerprint density at radius 3 is 1.12 bits per heavy atom. The van der Waals surface area contributed by atoms with Crippen LogP contribution in [-0.4, -0.2) is 64.6 Å². The van der Waals surface area contributed by atoms with E-state index in [1.165, 1.54) is 64.2 Å². The van der Waals surface area contributed by atoms with Crippen LogP contribution in [0.25, 0.3) is 0 Å². The van der Waals surface area contributed by atoms with Gasteiger partial charge in [0, 0.05) is 49.6 Å². The molecular formula is C41H76N2O7. The molecule has 2 unspecified atom stereocenters. The predicted octanol–water partition coefficient (Wildman–Crippen LogP) is 10.9. The topological polar surface area (TPSA) is 94.6 Å². The average molecular weight is 709 g/mol. The molecule has 0 radical (unpaired) electrons. The van der Waals surface area contributed by atoms with Gasteiger partial charge in [-0.15, -0.1) is 10.1 Å². The number of unbranched alkanes of at least 4 members (excludes halogenated alkanes) is 14. The van der Waals surface area contributed by atoms with E-state index in [-0.39, 0.29) is 11.9 Å². The first kappa shape index (κ1) is 44.3. The van der Waals surface area contributed by atoms with Crippen molar-refractivity contribution in [1.29, 1.82) is 0 Å². The average Bonchev–Trinajstić information content (AvgIpc) is 3.04. The number of carbonyl (C=O) groups is 3. The summed E-state index contributed by atoms with van der Waals surface area (Å²) in [7, 11) is 0. The van der Waals surface area contributed by atoms with Crippen molar-refractivity contribution >= 4 is 18.1 Å².